The van der Waals surface area contributed by atoms with Crippen molar-refractivity contribution in [2.24, 2.45) is 5.41 Å². The Bertz CT molecular complexity index is 808. The average molecular weight is 357 g/mol. The van der Waals surface area contributed by atoms with E-state index in [-0.39, 0.29) is 5.60 Å². The van der Waals surface area contributed by atoms with E-state index in [1.54, 1.807) is 6.20 Å². The molecule has 1 saturated heterocycles. The normalized spacial score (nSPS) is 24.4. The van der Waals surface area contributed by atoms with Gasteiger partial charge in [-0.1, -0.05) is 25.8 Å². The van der Waals surface area contributed by atoms with E-state index < -0.39 is 7.12 Å². The SMILES string of the molecule is CC(C)SN1CC2(CCC3(CC2)OB(O)c2cnc4[nH]ccc4c23)C1. The van der Waals surface area contributed by atoms with Crippen molar-refractivity contribution >= 4 is 35.6 Å². The second-order valence-corrected chi connectivity index (χ2v) is 9.92. The van der Waals surface area contributed by atoms with Crippen molar-refractivity contribution < 1.29 is 9.68 Å². The van der Waals surface area contributed by atoms with Crippen LogP contribution in [0.5, 0.6) is 0 Å². The van der Waals surface area contributed by atoms with Crippen LogP contribution < -0.4 is 5.46 Å². The lowest BCUT2D eigenvalue weighted by molar-refractivity contribution is -0.0572. The van der Waals surface area contributed by atoms with Crippen LogP contribution in [0.15, 0.2) is 18.5 Å². The first-order valence-electron chi connectivity index (χ1n) is 9.24. The molecule has 0 atom stereocenters. The average Bonchev–Trinajstić information content (AvgIpc) is 3.11. The maximum absolute atomic E-state index is 10.5. The molecule has 2 fully saturated rings. The zero-order valence-electron chi connectivity index (χ0n) is 14.8. The molecule has 132 valence electrons. The van der Waals surface area contributed by atoms with Crippen molar-refractivity contribution in [2.45, 2.75) is 50.4 Å². The fraction of sp³-hybridized carbons (Fsp3) is 0.611. The van der Waals surface area contributed by atoms with Crippen molar-refractivity contribution in [3.05, 3.63) is 24.0 Å². The van der Waals surface area contributed by atoms with E-state index in [0.29, 0.717) is 10.7 Å². The number of aromatic amines is 1. The maximum Gasteiger partial charge on any atom is 0.493 e. The summed E-state index contributed by atoms with van der Waals surface area (Å²) < 4.78 is 8.68. The van der Waals surface area contributed by atoms with Crippen LogP contribution in [0.2, 0.25) is 0 Å². The number of pyridine rings is 1. The van der Waals surface area contributed by atoms with Gasteiger partial charge in [-0.15, -0.1) is 0 Å². The molecule has 2 aliphatic heterocycles. The lowest BCUT2D eigenvalue weighted by atomic mass is 9.63. The molecule has 0 aromatic carbocycles. The summed E-state index contributed by atoms with van der Waals surface area (Å²) in [6, 6.07) is 2.07. The molecule has 5 rings (SSSR count). The van der Waals surface area contributed by atoms with Gasteiger partial charge in [-0.05, 0) is 42.7 Å². The second-order valence-electron chi connectivity index (χ2n) is 8.25. The Morgan fingerprint density at radius 3 is 2.80 bits per heavy atom. The Morgan fingerprint density at radius 1 is 1.32 bits per heavy atom. The molecule has 2 aromatic heterocycles. The quantitative estimate of drug-likeness (QED) is 0.639. The van der Waals surface area contributed by atoms with Crippen LogP contribution >= 0.6 is 11.9 Å². The number of aromatic nitrogens is 2. The van der Waals surface area contributed by atoms with Crippen molar-refractivity contribution in [1.29, 1.82) is 0 Å². The molecular formula is C18H24BN3O2S. The van der Waals surface area contributed by atoms with Crippen molar-refractivity contribution in [1.82, 2.24) is 14.3 Å². The molecule has 7 heteroatoms. The van der Waals surface area contributed by atoms with Gasteiger partial charge in [0.25, 0.3) is 0 Å². The highest BCUT2D eigenvalue weighted by Crippen LogP contribution is 2.55. The minimum absolute atomic E-state index is 0.338. The highest BCUT2D eigenvalue weighted by Gasteiger charge is 2.55. The van der Waals surface area contributed by atoms with Crippen molar-refractivity contribution in [3.63, 3.8) is 0 Å². The number of nitrogens with zero attached hydrogens (tertiary/aromatic N) is 2. The molecule has 3 aliphatic rings. The molecule has 25 heavy (non-hydrogen) atoms. The predicted molar refractivity (Wildman–Crippen MR) is 102 cm³/mol. The van der Waals surface area contributed by atoms with Crippen molar-refractivity contribution in [3.8, 4) is 0 Å². The summed E-state index contributed by atoms with van der Waals surface area (Å²) in [6.45, 7) is 6.90. The lowest BCUT2D eigenvalue weighted by Crippen LogP contribution is -2.56. The Morgan fingerprint density at radius 2 is 2.08 bits per heavy atom. The molecule has 0 radical (unpaired) electrons. The summed E-state index contributed by atoms with van der Waals surface area (Å²) in [4.78, 5) is 7.62. The minimum atomic E-state index is -0.842. The molecule has 2 aromatic rings. The van der Waals surface area contributed by atoms with Crippen LogP contribution in [0.3, 0.4) is 0 Å². The zero-order chi connectivity index (χ0) is 17.2. The van der Waals surface area contributed by atoms with E-state index in [4.69, 9.17) is 4.65 Å². The Balaban J connectivity index is 1.40. The van der Waals surface area contributed by atoms with Crippen LogP contribution in [-0.4, -0.2) is 44.8 Å². The van der Waals surface area contributed by atoms with Gasteiger partial charge >= 0.3 is 7.12 Å². The van der Waals surface area contributed by atoms with Crippen molar-refractivity contribution in [2.75, 3.05) is 13.1 Å². The fourth-order valence-corrected chi connectivity index (χ4v) is 6.29. The van der Waals surface area contributed by atoms with E-state index in [2.05, 4.69) is 34.2 Å². The molecule has 2 spiro atoms. The number of hydrogen-bond donors (Lipinski definition) is 2. The molecule has 5 nitrogen and oxygen atoms in total. The van der Waals surface area contributed by atoms with Gasteiger partial charge in [0, 0.05) is 41.6 Å². The highest BCUT2D eigenvalue weighted by atomic mass is 32.2. The van der Waals surface area contributed by atoms with Gasteiger partial charge in [0.05, 0.1) is 5.60 Å². The molecule has 1 aliphatic carbocycles. The summed E-state index contributed by atoms with van der Waals surface area (Å²) >= 11 is 1.97. The summed E-state index contributed by atoms with van der Waals surface area (Å²) in [5.41, 5.74) is 3.03. The lowest BCUT2D eigenvalue weighted by Gasteiger charge is -2.55. The van der Waals surface area contributed by atoms with Crippen LogP contribution in [-0.2, 0) is 10.3 Å². The number of fused-ring (bicyclic) bond motifs is 4. The third-order valence-corrected chi connectivity index (χ3v) is 7.15. The van der Waals surface area contributed by atoms with Gasteiger partial charge in [0.2, 0.25) is 0 Å². The Hall–Kier alpha value is -1.02. The van der Waals surface area contributed by atoms with Gasteiger partial charge in [-0.2, -0.15) is 0 Å². The zero-order valence-corrected chi connectivity index (χ0v) is 15.6. The standard InChI is InChI=1S/C18H24BN3O2S/c1-12(2)25-22-10-17(11-22)4-6-18(7-5-17)15-13-3-8-20-16(13)21-9-14(15)19(23)24-18/h3,8-9,12,23H,4-7,10-11H2,1-2H3,(H,20,21). The van der Waals surface area contributed by atoms with E-state index in [1.165, 1.54) is 31.5 Å². The first-order chi connectivity index (χ1) is 12.0. The Labute approximate surface area is 152 Å². The topological polar surface area (TPSA) is 61.4 Å². The summed E-state index contributed by atoms with van der Waals surface area (Å²) in [5, 5.41) is 12.2. The third-order valence-electron chi connectivity index (χ3n) is 6.18. The minimum Gasteiger partial charge on any atom is -0.423 e. The molecule has 1 saturated carbocycles. The largest absolute Gasteiger partial charge is 0.493 e. The van der Waals surface area contributed by atoms with Gasteiger partial charge in [-0.3, -0.25) is 0 Å². The van der Waals surface area contributed by atoms with Crippen LogP contribution in [0.1, 0.15) is 45.1 Å². The first kappa shape index (κ1) is 16.2. The van der Waals surface area contributed by atoms with Gasteiger partial charge in [-0.25, -0.2) is 9.29 Å². The van der Waals surface area contributed by atoms with Gasteiger partial charge < -0.3 is 14.7 Å². The molecular weight excluding hydrogens is 333 g/mol. The predicted octanol–water partition coefficient (Wildman–Crippen LogP) is 2.41. The highest BCUT2D eigenvalue weighted by molar-refractivity contribution is 7.97. The molecule has 2 N–H and O–H groups in total. The van der Waals surface area contributed by atoms with Gasteiger partial charge in [0.1, 0.15) is 5.65 Å². The maximum atomic E-state index is 10.5. The van der Waals surface area contributed by atoms with Gasteiger partial charge in [0.15, 0.2) is 0 Å². The smallest absolute Gasteiger partial charge is 0.423 e. The molecule has 0 amide bonds. The molecule has 4 heterocycles. The fourth-order valence-electron chi connectivity index (χ4n) is 5.00. The molecule has 0 bridgehead atoms. The Kier molecular flexibility index (Phi) is 3.55. The number of hydrogen-bond acceptors (Lipinski definition) is 5. The molecule has 0 unspecified atom stereocenters. The van der Waals surface area contributed by atoms with E-state index in [9.17, 15) is 5.02 Å². The first-order valence-corrected chi connectivity index (χ1v) is 10.1. The summed E-state index contributed by atoms with van der Waals surface area (Å²) in [5.74, 6) is 0. The van der Waals surface area contributed by atoms with Crippen LogP contribution in [0, 0.1) is 5.41 Å². The number of H-pyrrole nitrogens is 1. The second kappa shape index (κ2) is 5.49. The van der Waals surface area contributed by atoms with Crippen LogP contribution in [0.4, 0.5) is 0 Å². The number of rotatable bonds is 2. The van der Waals surface area contributed by atoms with Crippen LogP contribution in [0.25, 0.3) is 11.0 Å². The summed E-state index contributed by atoms with van der Waals surface area (Å²) in [7, 11) is -0.842. The van der Waals surface area contributed by atoms with E-state index >= 15 is 0 Å². The number of nitrogens with one attached hydrogen (secondary N) is 1. The summed E-state index contributed by atoms with van der Waals surface area (Å²) in [6.07, 6.45) is 8.02. The third kappa shape index (κ3) is 2.40. The van der Waals surface area contributed by atoms with E-state index in [1.807, 2.05) is 18.1 Å². The monoisotopic (exact) mass is 357 g/mol. The van der Waals surface area contributed by atoms with E-state index in [0.717, 1.165) is 29.3 Å².